The third-order valence-electron chi connectivity index (χ3n) is 4.35. The lowest BCUT2D eigenvalue weighted by Gasteiger charge is -2.31. The molecular weight excluding hydrogens is 270 g/mol. The number of halogens is 2. The van der Waals surface area contributed by atoms with Crippen LogP contribution >= 0.6 is 0 Å². The second-order valence-corrected chi connectivity index (χ2v) is 5.56. The molecule has 2 unspecified atom stereocenters. The van der Waals surface area contributed by atoms with Crippen molar-refractivity contribution in [3.05, 3.63) is 70.8 Å². The van der Waals surface area contributed by atoms with Gasteiger partial charge in [-0.15, -0.1) is 0 Å². The Morgan fingerprint density at radius 2 is 1.81 bits per heavy atom. The van der Waals surface area contributed by atoms with Crippen LogP contribution in [0.1, 0.15) is 29.2 Å². The SMILES string of the molecule is NNC(c1cccc(F)c1F)C1CCc2ccccc2C1. The molecule has 2 aromatic carbocycles. The number of hydrogen-bond donors (Lipinski definition) is 2. The molecule has 0 heterocycles. The zero-order valence-corrected chi connectivity index (χ0v) is 11.7. The van der Waals surface area contributed by atoms with Crippen LogP contribution in [0, 0.1) is 17.6 Å². The van der Waals surface area contributed by atoms with Gasteiger partial charge in [-0.05, 0) is 42.4 Å². The van der Waals surface area contributed by atoms with Crippen LogP contribution in [-0.2, 0) is 12.8 Å². The number of nitrogens with one attached hydrogen (secondary N) is 1. The second-order valence-electron chi connectivity index (χ2n) is 5.56. The molecule has 3 rings (SSSR count). The Balaban J connectivity index is 1.90. The summed E-state index contributed by atoms with van der Waals surface area (Å²) in [5.74, 6) is 4.15. The predicted octanol–water partition coefficient (Wildman–Crippen LogP) is 3.27. The van der Waals surface area contributed by atoms with Crippen molar-refractivity contribution < 1.29 is 8.78 Å². The maximum atomic E-state index is 14.0. The number of hydrazine groups is 1. The van der Waals surface area contributed by atoms with E-state index in [0.717, 1.165) is 25.3 Å². The largest absolute Gasteiger partial charge is 0.271 e. The Hall–Kier alpha value is -1.78. The normalized spacial score (nSPS) is 19.1. The zero-order valence-electron chi connectivity index (χ0n) is 11.7. The summed E-state index contributed by atoms with van der Waals surface area (Å²) < 4.78 is 27.5. The number of aryl methyl sites for hydroxylation is 1. The highest BCUT2D eigenvalue weighted by Gasteiger charge is 2.29. The molecular formula is C17H18F2N2. The van der Waals surface area contributed by atoms with E-state index >= 15 is 0 Å². The average Bonchev–Trinajstić information content (AvgIpc) is 2.52. The van der Waals surface area contributed by atoms with Crippen molar-refractivity contribution in [2.75, 3.05) is 0 Å². The molecule has 2 atom stereocenters. The summed E-state index contributed by atoms with van der Waals surface area (Å²) in [6, 6.07) is 12.1. The quantitative estimate of drug-likeness (QED) is 0.672. The minimum Gasteiger partial charge on any atom is -0.271 e. The molecule has 4 heteroatoms. The van der Waals surface area contributed by atoms with Crippen LogP contribution in [0.3, 0.4) is 0 Å². The van der Waals surface area contributed by atoms with Crippen molar-refractivity contribution in [1.82, 2.24) is 5.43 Å². The number of fused-ring (bicyclic) bond motifs is 1. The Morgan fingerprint density at radius 3 is 2.57 bits per heavy atom. The standard InChI is InChI=1S/C17H18F2N2/c18-15-7-3-6-14(16(15)19)17(21-20)13-9-8-11-4-1-2-5-12(11)10-13/h1-7,13,17,21H,8-10,20H2. The van der Waals surface area contributed by atoms with Crippen molar-refractivity contribution in [1.29, 1.82) is 0 Å². The highest BCUT2D eigenvalue weighted by molar-refractivity contribution is 5.31. The lowest BCUT2D eigenvalue weighted by Crippen LogP contribution is -2.36. The van der Waals surface area contributed by atoms with Crippen LogP contribution in [0.5, 0.6) is 0 Å². The van der Waals surface area contributed by atoms with E-state index in [0.29, 0.717) is 5.56 Å². The van der Waals surface area contributed by atoms with Crippen molar-refractivity contribution in [3.63, 3.8) is 0 Å². The van der Waals surface area contributed by atoms with E-state index in [1.54, 1.807) is 6.07 Å². The zero-order chi connectivity index (χ0) is 14.8. The van der Waals surface area contributed by atoms with E-state index in [1.807, 2.05) is 12.1 Å². The van der Waals surface area contributed by atoms with Crippen LogP contribution in [0.15, 0.2) is 42.5 Å². The summed E-state index contributed by atoms with van der Waals surface area (Å²) >= 11 is 0. The lowest BCUT2D eigenvalue weighted by atomic mass is 9.78. The monoisotopic (exact) mass is 288 g/mol. The molecule has 0 spiro atoms. The van der Waals surface area contributed by atoms with Crippen molar-refractivity contribution in [3.8, 4) is 0 Å². The molecule has 1 aliphatic rings. The molecule has 0 saturated heterocycles. The van der Waals surface area contributed by atoms with E-state index in [1.165, 1.54) is 17.2 Å². The van der Waals surface area contributed by atoms with Gasteiger partial charge in [-0.25, -0.2) is 8.78 Å². The predicted molar refractivity (Wildman–Crippen MR) is 78.4 cm³/mol. The first-order valence-corrected chi connectivity index (χ1v) is 7.17. The Labute approximate surface area is 122 Å². The molecule has 3 N–H and O–H groups in total. The van der Waals surface area contributed by atoms with Gasteiger partial charge in [0.2, 0.25) is 0 Å². The van der Waals surface area contributed by atoms with Gasteiger partial charge in [-0.2, -0.15) is 0 Å². The Bertz CT molecular complexity index is 642. The smallest absolute Gasteiger partial charge is 0.163 e. The molecule has 21 heavy (non-hydrogen) atoms. The molecule has 0 bridgehead atoms. The summed E-state index contributed by atoms with van der Waals surface area (Å²) in [5, 5.41) is 0. The summed E-state index contributed by atoms with van der Waals surface area (Å²) in [5.41, 5.74) is 5.59. The maximum absolute atomic E-state index is 14.0. The van der Waals surface area contributed by atoms with Gasteiger partial charge in [-0.3, -0.25) is 11.3 Å². The Kier molecular flexibility index (Phi) is 3.99. The van der Waals surface area contributed by atoms with Crippen LogP contribution in [0.25, 0.3) is 0 Å². The van der Waals surface area contributed by atoms with E-state index in [9.17, 15) is 8.78 Å². The van der Waals surface area contributed by atoms with Gasteiger partial charge >= 0.3 is 0 Å². The van der Waals surface area contributed by atoms with Crippen molar-refractivity contribution in [2.24, 2.45) is 11.8 Å². The summed E-state index contributed by atoms with van der Waals surface area (Å²) in [4.78, 5) is 0. The van der Waals surface area contributed by atoms with Gasteiger partial charge in [0.1, 0.15) is 0 Å². The number of hydrogen-bond acceptors (Lipinski definition) is 2. The molecule has 0 aliphatic heterocycles. The minimum absolute atomic E-state index is 0.154. The third kappa shape index (κ3) is 2.69. The topological polar surface area (TPSA) is 38.0 Å². The molecule has 0 amide bonds. The lowest BCUT2D eigenvalue weighted by molar-refractivity contribution is 0.318. The van der Waals surface area contributed by atoms with Crippen LogP contribution in [-0.4, -0.2) is 0 Å². The number of rotatable bonds is 3. The molecule has 0 saturated carbocycles. The first-order chi connectivity index (χ1) is 10.2. The fourth-order valence-electron chi connectivity index (χ4n) is 3.25. The van der Waals surface area contributed by atoms with Gasteiger partial charge in [0, 0.05) is 5.56 Å². The van der Waals surface area contributed by atoms with Crippen LogP contribution < -0.4 is 11.3 Å². The van der Waals surface area contributed by atoms with E-state index in [2.05, 4.69) is 17.6 Å². The van der Waals surface area contributed by atoms with Crippen LogP contribution in [0.2, 0.25) is 0 Å². The first kappa shape index (κ1) is 14.2. The van der Waals surface area contributed by atoms with Gasteiger partial charge in [0.05, 0.1) is 6.04 Å². The number of nitrogens with two attached hydrogens (primary N) is 1. The van der Waals surface area contributed by atoms with Gasteiger partial charge in [0.15, 0.2) is 11.6 Å². The molecule has 0 fully saturated rings. The Morgan fingerprint density at radius 1 is 1.05 bits per heavy atom. The fourth-order valence-corrected chi connectivity index (χ4v) is 3.25. The second kappa shape index (κ2) is 5.92. The molecule has 1 aliphatic carbocycles. The summed E-state index contributed by atoms with van der Waals surface area (Å²) in [7, 11) is 0. The number of benzene rings is 2. The van der Waals surface area contributed by atoms with E-state index < -0.39 is 11.6 Å². The summed E-state index contributed by atoms with van der Waals surface area (Å²) in [6.07, 6.45) is 2.67. The van der Waals surface area contributed by atoms with Gasteiger partial charge in [-0.1, -0.05) is 36.4 Å². The highest BCUT2D eigenvalue weighted by atomic mass is 19.2. The van der Waals surface area contributed by atoms with E-state index in [4.69, 9.17) is 5.84 Å². The van der Waals surface area contributed by atoms with Gasteiger partial charge < -0.3 is 0 Å². The van der Waals surface area contributed by atoms with Crippen molar-refractivity contribution >= 4 is 0 Å². The van der Waals surface area contributed by atoms with Crippen molar-refractivity contribution in [2.45, 2.75) is 25.3 Å². The molecule has 2 aromatic rings. The molecule has 0 radical (unpaired) electrons. The van der Waals surface area contributed by atoms with Gasteiger partial charge in [0.25, 0.3) is 0 Å². The molecule has 2 nitrogen and oxygen atoms in total. The average molecular weight is 288 g/mol. The minimum atomic E-state index is -0.830. The maximum Gasteiger partial charge on any atom is 0.163 e. The van der Waals surface area contributed by atoms with Crippen LogP contribution in [0.4, 0.5) is 8.78 Å². The fraction of sp³-hybridized carbons (Fsp3) is 0.294. The molecule has 0 aromatic heterocycles. The first-order valence-electron chi connectivity index (χ1n) is 7.17. The highest BCUT2D eigenvalue weighted by Crippen LogP contribution is 2.35. The molecule has 110 valence electrons. The summed E-state index contributed by atoms with van der Waals surface area (Å²) in [6.45, 7) is 0. The third-order valence-corrected chi connectivity index (χ3v) is 4.35. The van der Waals surface area contributed by atoms with E-state index in [-0.39, 0.29) is 12.0 Å².